The molecule has 0 fully saturated rings. The largest absolute Gasteiger partial charge is 0.449 e. The van der Waals surface area contributed by atoms with Crippen molar-refractivity contribution in [3.05, 3.63) is 147 Å². The van der Waals surface area contributed by atoms with Gasteiger partial charge in [-0.2, -0.15) is 0 Å². The average Bonchev–Trinajstić information content (AvgIpc) is 3.07. The number of ether oxygens (including phenoxy) is 1. The molecule has 3 aliphatic heterocycles. The van der Waals surface area contributed by atoms with Crippen LogP contribution in [0.25, 0.3) is 10.8 Å². The second-order valence-corrected chi connectivity index (χ2v) is 11.7. The maximum Gasteiger partial charge on any atom is 0.269 e. The van der Waals surface area contributed by atoms with Crippen LogP contribution in [-0.4, -0.2) is 23.9 Å². The number of fused-ring (bicyclic) bond motifs is 2. The fourth-order valence-corrected chi connectivity index (χ4v) is 6.85. The van der Waals surface area contributed by atoms with Gasteiger partial charge < -0.3 is 9.64 Å². The van der Waals surface area contributed by atoms with E-state index < -0.39 is 10.5 Å². The molecule has 0 saturated heterocycles. The molecule has 5 aromatic rings. The predicted molar refractivity (Wildman–Crippen MR) is 174 cm³/mol. The highest BCUT2D eigenvalue weighted by Crippen LogP contribution is 2.47. The first kappa shape index (κ1) is 26.2. The molecule has 0 aliphatic carbocycles. The molecule has 3 heterocycles. The summed E-state index contributed by atoms with van der Waals surface area (Å²) >= 11 is 0. The third-order valence-electron chi connectivity index (χ3n) is 8.94. The minimum absolute atomic E-state index is 0.0185. The van der Waals surface area contributed by atoms with Crippen LogP contribution in [0.15, 0.2) is 108 Å². The Hall–Kier alpha value is -5.41. The van der Waals surface area contributed by atoms with Gasteiger partial charge in [-0.1, -0.05) is 48.4 Å². The quantitative estimate of drug-likeness (QED) is 0.125. The van der Waals surface area contributed by atoms with E-state index in [0.29, 0.717) is 11.5 Å². The van der Waals surface area contributed by atoms with Crippen molar-refractivity contribution >= 4 is 33.7 Å². The number of non-ortho nitro benzene ring substituents is 1. The maximum atomic E-state index is 11.4. The Bertz CT molecular complexity index is 2010. The van der Waals surface area contributed by atoms with Crippen molar-refractivity contribution in [1.82, 2.24) is 0 Å². The Kier molecular flexibility index (Phi) is 6.20. The summed E-state index contributed by atoms with van der Waals surface area (Å²) < 4.78 is 7.07. The number of nitro groups is 1. The molecule has 5 aromatic carbocycles. The topological polar surface area (TPSA) is 68.0 Å². The van der Waals surface area contributed by atoms with E-state index in [1.807, 2.05) is 42.5 Å². The van der Waals surface area contributed by atoms with Gasteiger partial charge in [0.15, 0.2) is 0 Å². The summed E-state index contributed by atoms with van der Waals surface area (Å²) in [5, 5.41) is 13.6. The van der Waals surface area contributed by atoms with Crippen molar-refractivity contribution in [2.45, 2.75) is 31.3 Å². The van der Waals surface area contributed by atoms with Gasteiger partial charge in [-0.25, -0.2) is 4.99 Å². The van der Waals surface area contributed by atoms with E-state index in [0.717, 1.165) is 71.9 Å². The van der Waals surface area contributed by atoms with Crippen molar-refractivity contribution in [3.63, 3.8) is 0 Å². The molecule has 0 aromatic heterocycles. The fourth-order valence-electron chi connectivity index (χ4n) is 6.85. The molecule has 214 valence electrons. The molecule has 1 atom stereocenters. The Morgan fingerprint density at radius 3 is 2.16 bits per heavy atom. The smallest absolute Gasteiger partial charge is 0.269 e. The molecule has 8 rings (SSSR count). The molecular weight excluding hydrogens is 546 g/mol. The Labute approximate surface area is 255 Å². The molecule has 1 unspecified atom stereocenters. The van der Waals surface area contributed by atoms with Crippen LogP contribution in [0.3, 0.4) is 0 Å². The monoisotopic (exact) mass is 575 g/mol. The maximum absolute atomic E-state index is 11.4. The van der Waals surface area contributed by atoms with E-state index in [1.165, 1.54) is 28.9 Å². The highest BCUT2D eigenvalue weighted by atomic mass is 16.6. The number of hydrogen-bond donors (Lipinski definition) is 0. The number of rotatable bonds is 3. The van der Waals surface area contributed by atoms with E-state index in [1.54, 1.807) is 12.1 Å². The molecular formula is C38H29N3O3. The zero-order chi connectivity index (χ0) is 29.7. The van der Waals surface area contributed by atoms with Gasteiger partial charge in [0.25, 0.3) is 5.69 Å². The van der Waals surface area contributed by atoms with Crippen LogP contribution in [-0.2, 0) is 23.2 Å². The van der Waals surface area contributed by atoms with Gasteiger partial charge in [-0.05, 0) is 102 Å². The van der Waals surface area contributed by atoms with Crippen molar-refractivity contribution in [1.29, 1.82) is 0 Å². The van der Waals surface area contributed by atoms with Crippen molar-refractivity contribution in [2.75, 3.05) is 18.0 Å². The summed E-state index contributed by atoms with van der Waals surface area (Å²) in [6.45, 7) is 2.20. The minimum Gasteiger partial charge on any atom is -0.449 e. The van der Waals surface area contributed by atoms with Gasteiger partial charge >= 0.3 is 0 Å². The van der Waals surface area contributed by atoms with Crippen LogP contribution >= 0.6 is 0 Å². The van der Waals surface area contributed by atoms with Crippen LogP contribution in [0.2, 0.25) is 0 Å². The molecule has 0 spiro atoms. The van der Waals surface area contributed by atoms with Gasteiger partial charge in [0.05, 0.1) is 10.6 Å². The molecule has 6 heteroatoms. The van der Waals surface area contributed by atoms with Crippen LogP contribution < -0.4 is 4.90 Å². The van der Waals surface area contributed by atoms with E-state index in [-0.39, 0.29) is 5.69 Å². The Morgan fingerprint density at radius 2 is 1.48 bits per heavy atom. The lowest BCUT2D eigenvalue weighted by atomic mass is 9.79. The number of nitro benzene ring substituents is 1. The molecule has 0 N–H and O–H groups in total. The molecule has 0 amide bonds. The number of aliphatic imine (C=N–C) groups is 1. The van der Waals surface area contributed by atoms with Crippen molar-refractivity contribution < 1.29 is 9.66 Å². The third-order valence-corrected chi connectivity index (χ3v) is 8.94. The first-order chi connectivity index (χ1) is 21.6. The Morgan fingerprint density at radius 1 is 0.818 bits per heavy atom. The van der Waals surface area contributed by atoms with Crippen molar-refractivity contribution in [2.24, 2.45) is 4.99 Å². The van der Waals surface area contributed by atoms with E-state index in [4.69, 9.17) is 9.73 Å². The summed E-state index contributed by atoms with van der Waals surface area (Å²) in [4.78, 5) is 18.6. The lowest BCUT2D eigenvalue weighted by molar-refractivity contribution is -0.384. The molecule has 0 radical (unpaired) electrons. The second kappa shape index (κ2) is 10.4. The van der Waals surface area contributed by atoms with Crippen LogP contribution in [0, 0.1) is 22.0 Å². The van der Waals surface area contributed by atoms with E-state index >= 15 is 0 Å². The van der Waals surface area contributed by atoms with Gasteiger partial charge in [-0.3, -0.25) is 10.1 Å². The first-order valence-corrected chi connectivity index (χ1v) is 15.1. The van der Waals surface area contributed by atoms with Crippen LogP contribution in [0.5, 0.6) is 0 Å². The molecule has 44 heavy (non-hydrogen) atoms. The van der Waals surface area contributed by atoms with Crippen molar-refractivity contribution in [3.8, 4) is 11.8 Å². The summed E-state index contributed by atoms with van der Waals surface area (Å²) in [6, 6.07) is 33.5. The van der Waals surface area contributed by atoms with Crippen LogP contribution in [0.1, 0.15) is 46.2 Å². The van der Waals surface area contributed by atoms with Gasteiger partial charge in [0.1, 0.15) is 0 Å². The van der Waals surface area contributed by atoms with Gasteiger partial charge in [0.2, 0.25) is 11.5 Å². The summed E-state index contributed by atoms with van der Waals surface area (Å²) in [5.74, 6) is 7.47. The highest BCUT2D eigenvalue weighted by molar-refractivity contribution is 6.00. The summed E-state index contributed by atoms with van der Waals surface area (Å²) in [5.41, 5.74) is 7.13. The van der Waals surface area contributed by atoms with Crippen LogP contribution in [0.4, 0.5) is 17.1 Å². The lowest BCUT2D eigenvalue weighted by Crippen LogP contribution is -2.38. The standard InChI is InChI=1S/C38H29N3O3/c42-41(43)33-16-14-27(15-17-33)37-39-35-25-29-11-5-4-10-28(29)24-34(35)38(44-37,19-18-26-8-2-1-3-9-26)32-22-30-12-6-20-40-21-7-13-31(23-32)36(30)40/h1-5,8-11,14-17,22-25H,6-7,12-13,20-21H2. The summed E-state index contributed by atoms with van der Waals surface area (Å²) in [7, 11) is 0. The Balaban J connectivity index is 1.41. The SMILES string of the molecule is O=[N+]([O-])c1ccc(C2=Nc3cc4ccccc4cc3C(C#Cc3ccccc3)(c3cc4c5c(c3)CCCN5CCC4)O2)cc1. The lowest BCUT2D eigenvalue weighted by Gasteiger charge is -2.40. The zero-order valence-electron chi connectivity index (χ0n) is 24.1. The summed E-state index contributed by atoms with van der Waals surface area (Å²) in [6.07, 6.45) is 4.28. The molecule has 0 saturated carbocycles. The number of hydrogen-bond acceptors (Lipinski definition) is 5. The molecule has 3 aliphatic rings. The second-order valence-electron chi connectivity index (χ2n) is 11.7. The minimum atomic E-state index is -1.17. The van der Waals surface area contributed by atoms with E-state index in [2.05, 4.69) is 53.1 Å². The normalized spacial score (nSPS) is 18.3. The number of nitrogens with zero attached hydrogens (tertiary/aromatic N) is 3. The highest BCUT2D eigenvalue weighted by Gasteiger charge is 2.43. The molecule has 0 bridgehead atoms. The molecule has 6 nitrogen and oxygen atoms in total. The third kappa shape index (κ3) is 4.40. The predicted octanol–water partition coefficient (Wildman–Crippen LogP) is 7.85. The number of benzene rings is 5. The number of anilines is 1. The zero-order valence-corrected chi connectivity index (χ0v) is 24.1. The van der Waals surface area contributed by atoms with Gasteiger partial charge in [0, 0.05) is 53.2 Å². The average molecular weight is 576 g/mol. The van der Waals surface area contributed by atoms with E-state index in [9.17, 15) is 10.1 Å². The first-order valence-electron chi connectivity index (χ1n) is 15.1. The fraction of sp³-hybridized carbons (Fsp3) is 0.184. The number of aryl methyl sites for hydroxylation is 2. The van der Waals surface area contributed by atoms with Gasteiger partial charge in [-0.15, -0.1) is 0 Å².